The van der Waals surface area contributed by atoms with Crippen LogP contribution in [0, 0.1) is 0 Å². The first-order valence-electron chi connectivity index (χ1n) is 45.8. The van der Waals surface area contributed by atoms with Crippen molar-refractivity contribution in [1.82, 2.24) is 0 Å². The highest BCUT2D eigenvalue weighted by molar-refractivity contribution is 7.47. The van der Waals surface area contributed by atoms with Crippen molar-refractivity contribution >= 4 is 33.6 Å². The maximum atomic E-state index is 13.0. The van der Waals surface area contributed by atoms with E-state index in [0.717, 1.165) is 135 Å². The van der Waals surface area contributed by atoms with Gasteiger partial charge in [-0.15, -0.1) is 0 Å². The van der Waals surface area contributed by atoms with E-state index in [2.05, 4.69) is 142 Å². The van der Waals surface area contributed by atoms with Crippen molar-refractivity contribution < 1.29 is 75.8 Å². The lowest BCUT2D eigenvalue weighted by Gasteiger charge is -2.21. The van der Waals surface area contributed by atoms with Gasteiger partial charge in [-0.25, -0.2) is 9.13 Å². The molecule has 4 N–H and O–H groups in total. The van der Waals surface area contributed by atoms with Crippen LogP contribution < -0.4 is 0 Å². The molecule has 16 nitrogen and oxygen atoms in total. The average Bonchev–Trinajstić information content (AvgIpc) is 0.887. The Balaban J connectivity index is 4.40. The van der Waals surface area contributed by atoms with Crippen LogP contribution >= 0.6 is 15.6 Å². The predicted molar refractivity (Wildman–Crippen MR) is 473 cm³/mol. The van der Waals surface area contributed by atoms with Crippen LogP contribution in [0.5, 0.6) is 0 Å². The van der Waals surface area contributed by atoms with E-state index in [1.54, 1.807) is 0 Å². The number of hydrogen-bond acceptors (Lipinski definition) is 14. The monoisotopic (exact) mass is 1630 g/mol. The van der Waals surface area contributed by atoms with E-state index in [1.807, 2.05) is 0 Å². The number of aliphatic hydroxyl groups is 2. The van der Waals surface area contributed by atoms with Crippen molar-refractivity contribution in [2.75, 3.05) is 39.6 Å². The fourth-order valence-corrected chi connectivity index (χ4v) is 14.3. The topological polar surface area (TPSA) is 231 Å². The first-order chi connectivity index (χ1) is 55.2. The second kappa shape index (κ2) is 87.3. The zero-order valence-corrected chi connectivity index (χ0v) is 73.8. The van der Waals surface area contributed by atoms with Crippen molar-refractivity contribution in [1.29, 1.82) is 0 Å². The molecule has 0 aromatic rings. The van der Waals surface area contributed by atoms with Crippen molar-refractivity contribution in [3.63, 3.8) is 0 Å². The van der Waals surface area contributed by atoms with E-state index < -0.39 is 91.5 Å². The second-order valence-electron chi connectivity index (χ2n) is 30.7. The molecule has 0 aliphatic heterocycles. The smallest absolute Gasteiger partial charge is 0.463 e. The Labute approximate surface area is 691 Å². The fourth-order valence-electron chi connectivity index (χ4n) is 12.7. The molecule has 0 heterocycles. The maximum absolute atomic E-state index is 13.0. The van der Waals surface area contributed by atoms with Crippen LogP contribution in [0.2, 0.25) is 0 Å². The third-order valence-corrected chi connectivity index (χ3v) is 21.6. The van der Waals surface area contributed by atoms with Gasteiger partial charge in [0.1, 0.15) is 25.4 Å². The molecule has 0 saturated carbocycles. The Hall–Kier alpha value is -4.05. The largest absolute Gasteiger partial charge is 0.472 e. The molecule has 5 atom stereocenters. The summed E-state index contributed by atoms with van der Waals surface area (Å²) in [7, 11) is -9.79. The lowest BCUT2D eigenvalue weighted by atomic mass is 10.0. The third kappa shape index (κ3) is 88.6. The summed E-state index contributed by atoms with van der Waals surface area (Å²) in [6.07, 6.45) is 107. The molecular weight excluding hydrogens is 1460 g/mol. The lowest BCUT2D eigenvalue weighted by Crippen LogP contribution is -2.30. The van der Waals surface area contributed by atoms with Gasteiger partial charge in [-0.3, -0.25) is 32.5 Å². The van der Waals surface area contributed by atoms with Gasteiger partial charge in [-0.2, -0.15) is 0 Å². The van der Waals surface area contributed by atoms with Gasteiger partial charge in [0.15, 0.2) is 6.10 Å². The number of allylic oxidation sites excluding steroid dienone is 20. The Morgan fingerprint density at radius 1 is 0.257 bits per heavy atom. The zero-order valence-electron chi connectivity index (χ0n) is 72.0. The molecule has 0 bridgehead atoms. The molecule has 0 aromatic carbocycles. The highest BCUT2D eigenvalue weighted by Crippen LogP contribution is 2.45. The van der Waals surface area contributed by atoms with Crippen LogP contribution in [0.3, 0.4) is 0 Å². The third-order valence-electron chi connectivity index (χ3n) is 19.7. The van der Waals surface area contributed by atoms with Gasteiger partial charge in [-0.1, -0.05) is 393 Å². The normalized spacial score (nSPS) is 14.4. The molecule has 0 saturated heterocycles. The van der Waals surface area contributed by atoms with Gasteiger partial charge in [0.25, 0.3) is 0 Å². The first kappa shape index (κ1) is 109. The van der Waals surface area contributed by atoms with Gasteiger partial charge in [0.05, 0.1) is 26.4 Å². The molecule has 113 heavy (non-hydrogen) atoms. The van der Waals surface area contributed by atoms with Crippen molar-refractivity contribution in [2.24, 2.45) is 0 Å². The molecule has 0 fully saturated rings. The minimum absolute atomic E-state index is 0.108. The fraction of sp³-hybridized carbons (Fsp3) is 0.758. The molecule has 0 amide bonds. The SMILES string of the molecule is CC/C=C\C/C=C\C/C=C\C/C=C\C/C=C\C/C=C\CCCCCCCCCCCCCCC(=O)OCC(COP(=O)(O)OCC(O)COP(=O)(O)OCC(O)COC(=O)CCCCCCCCCCCCCCCCCCC/C=C\C/C=C\C/C=C\C/C=C\CCCCC)OC(=O)CCCCCCCCCCCCCCC. The summed E-state index contributed by atoms with van der Waals surface area (Å²) >= 11 is 0. The minimum Gasteiger partial charge on any atom is -0.463 e. The van der Waals surface area contributed by atoms with Crippen molar-refractivity contribution in [3.8, 4) is 0 Å². The lowest BCUT2D eigenvalue weighted by molar-refractivity contribution is -0.161. The van der Waals surface area contributed by atoms with Gasteiger partial charge in [0, 0.05) is 19.3 Å². The number of ether oxygens (including phenoxy) is 3. The van der Waals surface area contributed by atoms with E-state index >= 15 is 0 Å². The van der Waals surface area contributed by atoms with Crippen LogP contribution in [-0.4, -0.2) is 95.9 Å². The second-order valence-corrected chi connectivity index (χ2v) is 33.6. The van der Waals surface area contributed by atoms with E-state index in [4.69, 9.17) is 32.3 Å². The number of phosphoric acid groups is 2. The summed E-state index contributed by atoms with van der Waals surface area (Å²) in [5, 5.41) is 20.7. The van der Waals surface area contributed by atoms with E-state index in [1.165, 1.54) is 212 Å². The predicted octanol–water partition coefficient (Wildman–Crippen LogP) is 28.0. The molecule has 18 heteroatoms. The summed E-state index contributed by atoms with van der Waals surface area (Å²) in [4.78, 5) is 58.8. The molecule has 0 aliphatic carbocycles. The van der Waals surface area contributed by atoms with Crippen LogP contribution in [0.1, 0.15) is 406 Å². The number of hydrogen-bond donors (Lipinski definition) is 4. The average molecular weight is 1630 g/mol. The number of carbonyl (C=O) groups excluding carboxylic acids is 3. The number of rotatable bonds is 87. The number of phosphoric ester groups is 2. The van der Waals surface area contributed by atoms with Crippen molar-refractivity contribution in [3.05, 3.63) is 122 Å². The number of esters is 3. The minimum atomic E-state index is -4.93. The van der Waals surface area contributed by atoms with E-state index in [-0.39, 0.29) is 19.3 Å². The van der Waals surface area contributed by atoms with Gasteiger partial charge >= 0.3 is 33.6 Å². The van der Waals surface area contributed by atoms with E-state index in [0.29, 0.717) is 19.3 Å². The Bertz CT molecular complexity index is 2540. The summed E-state index contributed by atoms with van der Waals surface area (Å²) < 4.78 is 61.4. The standard InChI is InChI=1S/C95H168O16P2/c1-4-7-10-13-16-19-22-25-27-29-31-33-35-37-39-41-43-44-46-48-49-51-53-55-57-59-61-64-66-69-72-75-78-81-93(98)105-84-90(96)85-107-112(101,102)108-86-91(97)87-109-113(103,104)110-89-92(111-95(100)83-80-77-74-71-68-63-24-21-18-15-12-9-6-3)88-106-94(99)82-79-76-73-70-67-65-62-60-58-56-54-52-50-47-45-42-40-38-36-34-32-30-28-26-23-20-17-14-11-8-5-2/h8,11,16-17,19-20,25-28,31-34,37-40,45,47,90-92,96-97H,4-7,9-10,12-15,18,21-24,29-30,35-36,41-44,46,48-89H2,1-3H3,(H,101,102)(H,103,104)/b11-8-,19-16-,20-17-,27-25-,28-26-,33-31-,34-32-,39-37-,40-38-,47-45-. The highest BCUT2D eigenvalue weighted by Gasteiger charge is 2.29. The summed E-state index contributed by atoms with van der Waals surface area (Å²) in [6, 6.07) is 0. The molecule has 0 rings (SSSR count). The summed E-state index contributed by atoms with van der Waals surface area (Å²) in [5.41, 5.74) is 0. The van der Waals surface area contributed by atoms with Gasteiger partial charge < -0.3 is 34.2 Å². The molecule has 5 unspecified atom stereocenters. The van der Waals surface area contributed by atoms with Crippen LogP contribution in [0.15, 0.2) is 122 Å². The Morgan fingerprint density at radius 3 is 0.761 bits per heavy atom. The molecule has 0 aliphatic rings. The van der Waals surface area contributed by atoms with Gasteiger partial charge in [-0.05, 0) is 116 Å². The number of carbonyl (C=O) groups is 3. The molecule has 0 spiro atoms. The molecule has 0 radical (unpaired) electrons. The summed E-state index contributed by atoms with van der Waals surface area (Å²) in [6.45, 7) is 2.60. The summed E-state index contributed by atoms with van der Waals surface area (Å²) in [5.74, 6) is -1.56. The van der Waals surface area contributed by atoms with Crippen LogP contribution in [0.25, 0.3) is 0 Å². The molecule has 654 valence electrons. The first-order valence-corrected chi connectivity index (χ1v) is 48.8. The van der Waals surface area contributed by atoms with E-state index in [9.17, 15) is 43.5 Å². The van der Waals surface area contributed by atoms with Crippen LogP contribution in [-0.2, 0) is 55.8 Å². The molecule has 0 aromatic heterocycles. The number of unbranched alkanes of at least 4 members (excludes halogenated alkanes) is 44. The highest BCUT2D eigenvalue weighted by atomic mass is 31.2. The van der Waals surface area contributed by atoms with Crippen molar-refractivity contribution in [2.45, 2.75) is 424 Å². The van der Waals surface area contributed by atoms with Crippen LogP contribution in [0.4, 0.5) is 0 Å². The quantitative estimate of drug-likeness (QED) is 0.0146. The zero-order chi connectivity index (χ0) is 82.2. The Morgan fingerprint density at radius 2 is 0.469 bits per heavy atom. The Kier molecular flexibility index (Phi) is 84.1. The number of aliphatic hydroxyl groups excluding tert-OH is 2. The maximum Gasteiger partial charge on any atom is 0.472 e. The van der Waals surface area contributed by atoms with Gasteiger partial charge in [0.2, 0.25) is 0 Å². The molecular formula is C95H168O16P2.